The van der Waals surface area contributed by atoms with Gasteiger partial charge in [-0.1, -0.05) is 52.4 Å². The van der Waals surface area contributed by atoms with Gasteiger partial charge in [0.05, 0.1) is 38.8 Å². The maximum atomic E-state index is 5.91. The minimum Gasteiger partial charge on any atom is -0.493 e. The third-order valence-corrected chi connectivity index (χ3v) is 6.46. The highest BCUT2D eigenvalue weighted by molar-refractivity contribution is 5.84. The first-order valence-corrected chi connectivity index (χ1v) is 14.5. The van der Waals surface area contributed by atoms with Crippen LogP contribution in [0.25, 0.3) is 0 Å². The van der Waals surface area contributed by atoms with E-state index in [4.69, 9.17) is 18.9 Å². The molecular formula is C34H44N2O4. The van der Waals surface area contributed by atoms with Gasteiger partial charge in [0.25, 0.3) is 0 Å². The van der Waals surface area contributed by atoms with Crippen molar-refractivity contribution in [2.24, 2.45) is 9.98 Å². The summed E-state index contributed by atoms with van der Waals surface area (Å²) in [5, 5.41) is 0. The second-order valence-corrected chi connectivity index (χ2v) is 9.67. The van der Waals surface area contributed by atoms with Crippen LogP contribution in [0.1, 0.15) is 76.3 Å². The Kier molecular flexibility index (Phi) is 13.6. The summed E-state index contributed by atoms with van der Waals surface area (Å²) in [5.41, 5.74) is 3.58. The van der Waals surface area contributed by atoms with Crippen molar-refractivity contribution in [1.82, 2.24) is 0 Å². The van der Waals surface area contributed by atoms with Gasteiger partial charge in [0, 0.05) is 12.4 Å². The number of rotatable bonds is 18. The van der Waals surface area contributed by atoms with Crippen molar-refractivity contribution in [3.05, 3.63) is 71.8 Å². The third-order valence-electron chi connectivity index (χ3n) is 6.46. The zero-order chi connectivity index (χ0) is 28.4. The molecule has 0 bridgehead atoms. The van der Waals surface area contributed by atoms with Crippen LogP contribution in [-0.4, -0.2) is 39.9 Å². The number of benzene rings is 3. The van der Waals surface area contributed by atoms with E-state index >= 15 is 0 Å². The van der Waals surface area contributed by atoms with Gasteiger partial charge < -0.3 is 18.9 Å². The Morgan fingerprint density at radius 3 is 1.32 bits per heavy atom. The molecule has 6 nitrogen and oxygen atoms in total. The second-order valence-electron chi connectivity index (χ2n) is 9.67. The highest BCUT2D eigenvalue weighted by Crippen LogP contribution is 2.29. The number of hydrogen-bond acceptors (Lipinski definition) is 6. The first-order chi connectivity index (χ1) is 19.7. The van der Waals surface area contributed by atoms with Crippen LogP contribution in [0.3, 0.4) is 0 Å². The van der Waals surface area contributed by atoms with Gasteiger partial charge in [0.15, 0.2) is 23.0 Å². The molecule has 0 radical (unpaired) electrons. The summed E-state index contributed by atoms with van der Waals surface area (Å²) in [6.45, 7) is 5.81. The monoisotopic (exact) mass is 544 g/mol. The zero-order valence-corrected chi connectivity index (χ0v) is 24.5. The van der Waals surface area contributed by atoms with Crippen LogP contribution in [0, 0.1) is 0 Å². The van der Waals surface area contributed by atoms with E-state index in [0.717, 1.165) is 46.8 Å². The van der Waals surface area contributed by atoms with Gasteiger partial charge in [-0.2, -0.15) is 0 Å². The minimum atomic E-state index is 0.699. The predicted molar refractivity (Wildman–Crippen MR) is 166 cm³/mol. The van der Waals surface area contributed by atoms with Crippen molar-refractivity contribution in [2.45, 2.75) is 65.2 Å². The molecule has 0 unspecified atom stereocenters. The van der Waals surface area contributed by atoms with E-state index < -0.39 is 0 Å². The molecule has 3 rings (SSSR count). The molecule has 0 aliphatic rings. The summed E-state index contributed by atoms with van der Waals surface area (Å²) in [5.74, 6) is 2.96. The maximum Gasteiger partial charge on any atom is 0.161 e. The fourth-order valence-corrected chi connectivity index (χ4v) is 4.11. The van der Waals surface area contributed by atoms with Crippen molar-refractivity contribution in [2.75, 3.05) is 27.4 Å². The minimum absolute atomic E-state index is 0.699. The topological polar surface area (TPSA) is 61.6 Å². The van der Waals surface area contributed by atoms with Gasteiger partial charge in [-0.3, -0.25) is 9.98 Å². The van der Waals surface area contributed by atoms with E-state index in [-0.39, 0.29) is 0 Å². The van der Waals surface area contributed by atoms with Crippen LogP contribution in [-0.2, 0) is 0 Å². The summed E-state index contributed by atoms with van der Waals surface area (Å²) in [7, 11) is 3.32. The molecule has 0 atom stereocenters. The molecule has 0 saturated heterocycles. The average molecular weight is 545 g/mol. The SMILES string of the molecule is CCCCCCOc1ccc(C=Nc2ccc(N=Cc3ccc(OCCCCCC)c(OC)c3)cc2)cc1OC. The van der Waals surface area contributed by atoms with Crippen LogP contribution >= 0.6 is 0 Å². The Balaban J connectivity index is 1.55. The normalized spacial score (nSPS) is 11.3. The molecule has 0 fully saturated rings. The zero-order valence-electron chi connectivity index (χ0n) is 24.5. The van der Waals surface area contributed by atoms with Crippen LogP contribution in [0.2, 0.25) is 0 Å². The van der Waals surface area contributed by atoms with Crippen molar-refractivity contribution in [3.63, 3.8) is 0 Å². The van der Waals surface area contributed by atoms with E-state index in [1.165, 1.54) is 38.5 Å². The molecule has 6 heteroatoms. The molecule has 0 spiro atoms. The molecule has 0 aliphatic heterocycles. The highest BCUT2D eigenvalue weighted by atomic mass is 16.5. The van der Waals surface area contributed by atoms with Gasteiger partial charge >= 0.3 is 0 Å². The molecule has 0 amide bonds. The van der Waals surface area contributed by atoms with Crippen LogP contribution < -0.4 is 18.9 Å². The molecule has 0 N–H and O–H groups in total. The predicted octanol–water partition coefficient (Wildman–Crippen LogP) is 9.12. The lowest BCUT2D eigenvalue weighted by Crippen LogP contribution is -2.00. The smallest absolute Gasteiger partial charge is 0.161 e. The van der Waals surface area contributed by atoms with Gasteiger partial charge in [0.2, 0.25) is 0 Å². The molecule has 0 aliphatic carbocycles. The van der Waals surface area contributed by atoms with Gasteiger partial charge in [-0.15, -0.1) is 0 Å². The van der Waals surface area contributed by atoms with Crippen molar-refractivity contribution < 1.29 is 18.9 Å². The molecule has 3 aromatic rings. The number of aliphatic imine (C=N–C) groups is 2. The Morgan fingerprint density at radius 1 is 0.525 bits per heavy atom. The largest absolute Gasteiger partial charge is 0.493 e. The number of methoxy groups -OCH3 is 2. The summed E-state index contributed by atoms with van der Waals surface area (Å²) in [6, 6.07) is 19.6. The fraction of sp³-hybridized carbons (Fsp3) is 0.412. The van der Waals surface area contributed by atoms with Crippen LogP contribution in [0.15, 0.2) is 70.6 Å². The Labute approximate surface area is 240 Å². The summed E-state index contributed by atoms with van der Waals surface area (Å²) < 4.78 is 22.9. The Morgan fingerprint density at radius 2 is 0.950 bits per heavy atom. The molecule has 3 aromatic carbocycles. The molecule has 0 saturated carbocycles. The summed E-state index contributed by atoms with van der Waals surface area (Å²) in [4.78, 5) is 9.21. The quantitative estimate of drug-likeness (QED) is 0.118. The highest BCUT2D eigenvalue weighted by Gasteiger charge is 2.06. The van der Waals surface area contributed by atoms with Crippen LogP contribution in [0.4, 0.5) is 11.4 Å². The average Bonchev–Trinajstić information content (AvgIpc) is 2.99. The van der Waals surface area contributed by atoms with Crippen molar-refractivity contribution >= 4 is 23.8 Å². The molecule has 40 heavy (non-hydrogen) atoms. The summed E-state index contributed by atoms with van der Waals surface area (Å²) in [6.07, 6.45) is 13.0. The first-order valence-electron chi connectivity index (χ1n) is 14.5. The van der Waals surface area contributed by atoms with Gasteiger partial charge in [-0.05, 0) is 84.6 Å². The van der Waals surface area contributed by atoms with Gasteiger partial charge in [0.1, 0.15) is 0 Å². The molecule has 214 valence electrons. The van der Waals surface area contributed by atoms with E-state index in [2.05, 4.69) is 23.8 Å². The molecule has 0 aromatic heterocycles. The molecular weight excluding hydrogens is 500 g/mol. The number of hydrogen-bond donors (Lipinski definition) is 0. The Hall–Kier alpha value is -3.80. The van der Waals surface area contributed by atoms with Gasteiger partial charge in [-0.25, -0.2) is 0 Å². The standard InChI is InChI=1S/C34H44N2O4/c1-5-7-9-11-21-39-31-19-13-27(23-33(31)37-3)25-35-29-15-17-30(18-16-29)36-26-28-14-20-32(34(24-28)38-4)40-22-12-10-8-6-2/h13-20,23-26H,5-12,21-22H2,1-4H3. The van der Waals surface area contributed by atoms with E-state index in [1.807, 2.05) is 73.1 Å². The maximum absolute atomic E-state index is 5.91. The summed E-state index contributed by atoms with van der Waals surface area (Å²) >= 11 is 0. The van der Waals surface area contributed by atoms with Crippen molar-refractivity contribution in [1.29, 1.82) is 0 Å². The third kappa shape index (κ3) is 10.4. The molecule has 0 heterocycles. The Bertz CT molecular complexity index is 1110. The van der Waals surface area contributed by atoms with E-state index in [1.54, 1.807) is 14.2 Å². The van der Waals surface area contributed by atoms with E-state index in [9.17, 15) is 0 Å². The van der Waals surface area contributed by atoms with Crippen molar-refractivity contribution in [3.8, 4) is 23.0 Å². The lowest BCUT2D eigenvalue weighted by Gasteiger charge is -2.11. The fourth-order valence-electron chi connectivity index (χ4n) is 4.11. The number of unbranched alkanes of at least 4 members (excludes halogenated alkanes) is 6. The van der Waals surface area contributed by atoms with Crippen LogP contribution in [0.5, 0.6) is 23.0 Å². The number of nitrogens with zero attached hydrogens (tertiary/aromatic N) is 2. The first kappa shape index (κ1) is 30.7. The lowest BCUT2D eigenvalue weighted by atomic mass is 10.2. The lowest BCUT2D eigenvalue weighted by molar-refractivity contribution is 0.285. The number of ether oxygens (including phenoxy) is 4. The van der Waals surface area contributed by atoms with E-state index in [0.29, 0.717) is 24.7 Å². The second kappa shape index (κ2) is 17.7.